The molecule has 3 aromatic rings. The van der Waals surface area contributed by atoms with Crippen LogP contribution in [0, 0.1) is 12.7 Å². The van der Waals surface area contributed by atoms with Crippen LogP contribution in [0.3, 0.4) is 0 Å². The Labute approximate surface area is 169 Å². The maximum atomic E-state index is 13.7. The molecule has 0 fully saturated rings. The van der Waals surface area contributed by atoms with Crippen molar-refractivity contribution in [1.82, 2.24) is 4.98 Å². The second kappa shape index (κ2) is 7.54. The predicted octanol–water partition coefficient (Wildman–Crippen LogP) is 4.18. The molecule has 5 nitrogen and oxygen atoms in total. The highest BCUT2D eigenvalue weighted by Crippen LogP contribution is 2.40. The number of nitrogens with zero attached hydrogens (tertiary/aromatic N) is 2. The molecule has 1 aromatic heterocycles. The molecule has 0 spiro atoms. The first-order chi connectivity index (χ1) is 14.0. The van der Waals surface area contributed by atoms with Gasteiger partial charge >= 0.3 is 0 Å². The average Bonchev–Trinajstić information content (AvgIpc) is 3.13. The minimum atomic E-state index is -0.781. The Morgan fingerprint density at radius 1 is 1.10 bits per heavy atom. The number of aromatic nitrogens is 1. The van der Waals surface area contributed by atoms with Crippen molar-refractivity contribution in [3.63, 3.8) is 0 Å². The number of aliphatic imine (C=N–C) groups is 1. The monoisotopic (exact) mass is 391 g/mol. The second-order valence-corrected chi connectivity index (χ2v) is 6.98. The van der Waals surface area contributed by atoms with Crippen LogP contribution in [0.4, 0.5) is 4.39 Å². The predicted molar refractivity (Wildman–Crippen MR) is 110 cm³/mol. The molecule has 29 heavy (non-hydrogen) atoms. The van der Waals surface area contributed by atoms with Crippen LogP contribution in [0.15, 0.2) is 65.9 Å². The normalized spacial score (nSPS) is 18.2. The Morgan fingerprint density at radius 2 is 1.93 bits per heavy atom. The van der Waals surface area contributed by atoms with E-state index in [1.165, 1.54) is 12.3 Å². The van der Waals surface area contributed by atoms with Crippen molar-refractivity contribution >= 4 is 6.02 Å². The van der Waals surface area contributed by atoms with Crippen LogP contribution in [-0.2, 0) is 10.3 Å². The second-order valence-electron chi connectivity index (χ2n) is 6.98. The molecule has 0 radical (unpaired) electrons. The maximum Gasteiger partial charge on any atom is 0.283 e. The molecule has 0 aliphatic carbocycles. The number of halogens is 1. The van der Waals surface area contributed by atoms with Gasteiger partial charge in [-0.2, -0.15) is 0 Å². The molecule has 0 amide bonds. The number of benzene rings is 2. The summed E-state index contributed by atoms with van der Waals surface area (Å²) >= 11 is 0. The molecule has 6 heteroatoms. The minimum Gasteiger partial charge on any atom is -0.494 e. The lowest BCUT2D eigenvalue weighted by Crippen LogP contribution is -2.27. The van der Waals surface area contributed by atoms with Crippen LogP contribution in [-0.4, -0.2) is 24.2 Å². The third-order valence-corrected chi connectivity index (χ3v) is 5.06. The van der Waals surface area contributed by atoms with Gasteiger partial charge in [0.1, 0.15) is 18.2 Å². The van der Waals surface area contributed by atoms with Gasteiger partial charge in [-0.3, -0.25) is 4.98 Å². The van der Waals surface area contributed by atoms with Crippen LogP contribution < -0.4 is 10.5 Å². The van der Waals surface area contributed by atoms with E-state index in [-0.39, 0.29) is 18.4 Å². The van der Waals surface area contributed by atoms with Crippen molar-refractivity contribution in [3.8, 4) is 16.9 Å². The number of pyridine rings is 1. The molecular formula is C23H22FN3O2. The fraction of sp³-hybridized carbons (Fsp3) is 0.217. The van der Waals surface area contributed by atoms with Gasteiger partial charge < -0.3 is 15.2 Å². The number of rotatable bonds is 5. The third-order valence-electron chi connectivity index (χ3n) is 5.06. The Hall–Kier alpha value is -3.41. The topological polar surface area (TPSA) is 69.7 Å². The lowest BCUT2D eigenvalue weighted by atomic mass is 9.82. The van der Waals surface area contributed by atoms with Gasteiger partial charge in [0, 0.05) is 11.8 Å². The third kappa shape index (κ3) is 3.53. The van der Waals surface area contributed by atoms with Gasteiger partial charge in [-0.25, -0.2) is 9.38 Å². The van der Waals surface area contributed by atoms with E-state index in [2.05, 4.69) is 9.98 Å². The SMILES string of the molecule is CCOc1ccc([C@@]2(c3cccc(-c4cncc(F)c4)c3)COC(N)=N2)cc1C. The molecule has 0 bridgehead atoms. The highest BCUT2D eigenvalue weighted by Gasteiger charge is 2.40. The first kappa shape index (κ1) is 18.9. The number of hydrogen-bond donors (Lipinski definition) is 1. The van der Waals surface area contributed by atoms with Gasteiger partial charge in [-0.1, -0.05) is 24.3 Å². The number of nitrogens with two attached hydrogens (primary N) is 1. The zero-order valence-corrected chi connectivity index (χ0v) is 16.4. The van der Waals surface area contributed by atoms with Crippen LogP contribution >= 0.6 is 0 Å². The van der Waals surface area contributed by atoms with E-state index in [4.69, 9.17) is 15.2 Å². The lowest BCUT2D eigenvalue weighted by molar-refractivity contribution is 0.278. The van der Waals surface area contributed by atoms with Gasteiger partial charge in [-0.15, -0.1) is 0 Å². The number of ether oxygens (including phenoxy) is 2. The highest BCUT2D eigenvalue weighted by molar-refractivity contribution is 5.76. The number of aryl methyl sites for hydroxylation is 1. The zero-order chi connectivity index (χ0) is 20.4. The molecule has 148 valence electrons. The van der Waals surface area contributed by atoms with Crippen molar-refractivity contribution in [1.29, 1.82) is 0 Å². The molecule has 0 unspecified atom stereocenters. The summed E-state index contributed by atoms with van der Waals surface area (Å²) in [4.78, 5) is 8.62. The molecule has 0 saturated heterocycles. The fourth-order valence-electron chi connectivity index (χ4n) is 3.64. The Morgan fingerprint density at radius 3 is 2.62 bits per heavy atom. The van der Waals surface area contributed by atoms with Gasteiger partial charge in [0.2, 0.25) is 0 Å². The van der Waals surface area contributed by atoms with Crippen molar-refractivity contribution in [2.45, 2.75) is 19.4 Å². The lowest BCUT2D eigenvalue weighted by Gasteiger charge is -2.26. The van der Waals surface area contributed by atoms with Crippen molar-refractivity contribution in [2.75, 3.05) is 13.2 Å². The van der Waals surface area contributed by atoms with E-state index in [0.29, 0.717) is 12.2 Å². The van der Waals surface area contributed by atoms with Crippen molar-refractivity contribution < 1.29 is 13.9 Å². The van der Waals surface area contributed by atoms with Crippen LogP contribution in [0.1, 0.15) is 23.6 Å². The summed E-state index contributed by atoms with van der Waals surface area (Å²) in [6.07, 6.45) is 2.83. The highest BCUT2D eigenvalue weighted by atomic mass is 19.1. The van der Waals surface area contributed by atoms with Gasteiger partial charge in [0.05, 0.1) is 12.8 Å². The van der Waals surface area contributed by atoms with E-state index < -0.39 is 5.54 Å². The minimum absolute atomic E-state index is 0.148. The fourth-order valence-corrected chi connectivity index (χ4v) is 3.64. The average molecular weight is 391 g/mol. The summed E-state index contributed by atoms with van der Waals surface area (Å²) in [6.45, 7) is 4.84. The zero-order valence-electron chi connectivity index (χ0n) is 16.4. The molecule has 1 aliphatic rings. The summed E-state index contributed by atoms with van der Waals surface area (Å²) in [7, 11) is 0. The summed E-state index contributed by atoms with van der Waals surface area (Å²) in [5.74, 6) is 0.457. The molecule has 0 saturated carbocycles. The van der Waals surface area contributed by atoms with Gasteiger partial charge in [-0.05, 0) is 60.4 Å². The Balaban J connectivity index is 1.83. The Bertz CT molecular complexity index is 1080. The first-order valence-electron chi connectivity index (χ1n) is 9.45. The van der Waals surface area contributed by atoms with E-state index in [1.807, 2.05) is 56.3 Å². The van der Waals surface area contributed by atoms with Crippen LogP contribution in [0.2, 0.25) is 0 Å². The largest absolute Gasteiger partial charge is 0.494 e. The van der Waals surface area contributed by atoms with Crippen molar-refractivity contribution in [2.24, 2.45) is 10.7 Å². The first-order valence-corrected chi connectivity index (χ1v) is 9.45. The van der Waals surface area contributed by atoms with Gasteiger partial charge in [0.25, 0.3) is 6.02 Å². The summed E-state index contributed by atoms with van der Waals surface area (Å²) < 4.78 is 24.9. The summed E-state index contributed by atoms with van der Waals surface area (Å²) in [6, 6.07) is 15.4. The standard InChI is InChI=1S/C23H22FN3O2/c1-3-28-21-8-7-19(9-15(21)2)23(14-29-22(25)27-23)18-6-4-5-16(10-18)17-11-20(24)13-26-12-17/h4-13H,3,14H2,1-2H3,(H2,25,27)/t23-/m0/s1. The van der Waals surface area contributed by atoms with E-state index >= 15 is 0 Å². The summed E-state index contributed by atoms with van der Waals surface area (Å²) in [5, 5.41) is 0. The smallest absolute Gasteiger partial charge is 0.283 e. The van der Waals surface area contributed by atoms with Crippen LogP contribution in [0.25, 0.3) is 11.1 Å². The summed E-state index contributed by atoms with van der Waals surface area (Å²) in [5.41, 5.74) is 9.54. The molecule has 1 atom stereocenters. The molecular weight excluding hydrogens is 369 g/mol. The van der Waals surface area contributed by atoms with E-state index in [9.17, 15) is 4.39 Å². The quantitative estimate of drug-likeness (QED) is 0.708. The number of amidine groups is 1. The van der Waals surface area contributed by atoms with E-state index in [1.54, 1.807) is 6.20 Å². The molecule has 2 N–H and O–H groups in total. The van der Waals surface area contributed by atoms with Gasteiger partial charge in [0.15, 0.2) is 5.54 Å². The van der Waals surface area contributed by atoms with Crippen molar-refractivity contribution in [3.05, 3.63) is 83.4 Å². The molecule has 2 aromatic carbocycles. The molecule has 4 rings (SSSR count). The molecule has 2 heterocycles. The Kier molecular flexibility index (Phi) is 4.92. The van der Waals surface area contributed by atoms with E-state index in [0.717, 1.165) is 28.0 Å². The maximum absolute atomic E-state index is 13.7. The number of hydrogen-bond acceptors (Lipinski definition) is 5. The van der Waals surface area contributed by atoms with Crippen LogP contribution in [0.5, 0.6) is 5.75 Å². The molecule has 1 aliphatic heterocycles.